The predicted molar refractivity (Wildman–Crippen MR) is 71.3 cm³/mol. The van der Waals surface area contributed by atoms with Gasteiger partial charge in [0.25, 0.3) is 0 Å². The molecule has 1 aromatic heterocycles. The molecule has 2 heterocycles. The van der Waals surface area contributed by atoms with E-state index in [1.807, 2.05) is 6.07 Å². The summed E-state index contributed by atoms with van der Waals surface area (Å²) in [7, 11) is 0. The molecular weight excluding hydrogens is 240 g/mol. The average Bonchev–Trinajstić information content (AvgIpc) is 2.86. The van der Waals surface area contributed by atoms with Gasteiger partial charge in [-0.1, -0.05) is 18.5 Å². The summed E-state index contributed by atoms with van der Waals surface area (Å²) in [4.78, 5) is 3.96. The lowest BCUT2D eigenvalue weighted by molar-refractivity contribution is 0.242. The van der Waals surface area contributed by atoms with Crippen LogP contribution in [0.4, 0.5) is 0 Å². The van der Waals surface area contributed by atoms with Gasteiger partial charge in [-0.3, -0.25) is 4.90 Å². The van der Waals surface area contributed by atoms with Crippen molar-refractivity contribution >= 4 is 22.9 Å². The molecule has 1 N–H and O–H groups in total. The van der Waals surface area contributed by atoms with Gasteiger partial charge in [0, 0.05) is 24.0 Å². The molecule has 4 heteroatoms. The van der Waals surface area contributed by atoms with E-state index in [0.717, 1.165) is 24.0 Å². The molecule has 0 spiro atoms. The lowest BCUT2D eigenvalue weighted by atomic mass is 10.2. The second-order valence-corrected chi connectivity index (χ2v) is 6.08. The highest BCUT2D eigenvalue weighted by Gasteiger charge is 2.24. The monoisotopic (exact) mass is 258 g/mol. The first-order chi connectivity index (χ1) is 7.79. The van der Waals surface area contributed by atoms with E-state index in [-0.39, 0.29) is 0 Å². The van der Waals surface area contributed by atoms with Crippen LogP contribution in [-0.2, 0) is 6.54 Å². The maximum Gasteiger partial charge on any atom is 0.0931 e. The van der Waals surface area contributed by atoms with E-state index in [0.29, 0.717) is 6.04 Å². The molecule has 0 radical (unpaired) electrons. The number of rotatable bonds is 5. The summed E-state index contributed by atoms with van der Waals surface area (Å²) in [6, 6.07) is 4.85. The summed E-state index contributed by atoms with van der Waals surface area (Å²) < 4.78 is 0.900. The second kappa shape index (κ2) is 6.01. The molecule has 0 amide bonds. The van der Waals surface area contributed by atoms with E-state index < -0.39 is 0 Å². The highest BCUT2D eigenvalue weighted by atomic mass is 35.5. The van der Waals surface area contributed by atoms with Gasteiger partial charge in [0.2, 0.25) is 0 Å². The minimum absolute atomic E-state index is 0.709. The molecule has 2 nitrogen and oxygen atoms in total. The van der Waals surface area contributed by atoms with Crippen molar-refractivity contribution in [3.05, 3.63) is 21.3 Å². The van der Waals surface area contributed by atoms with E-state index in [4.69, 9.17) is 11.6 Å². The van der Waals surface area contributed by atoms with Crippen LogP contribution in [0, 0.1) is 0 Å². The fourth-order valence-corrected chi connectivity index (χ4v) is 3.40. The SMILES string of the molecule is CCNCC1CCCN1Cc1ccc(Cl)s1. The Bertz CT molecular complexity index is 327. The summed E-state index contributed by atoms with van der Waals surface area (Å²) in [6.45, 7) is 6.64. The molecule has 0 saturated carbocycles. The minimum atomic E-state index is 0.709. The first kappa shape index (κ1) is 12.4. The van der Waals surface area contributed by atoms with E-state index in [9.17, 15) is 0 Å². The Morgan fingerprint density at radius 1 is 1.56 bits per heavy atom. The zero-order chi connectivity index (χ0) is 11.4. The first-order valence-electron chi connectivity index (χ1n) is 5.98. The number of nitrogens with zero attached hydrogens (tertiary/aromatic N) is 1. The van der Waals surface area contributed by atoms with E-state index in [1.54, 1.807) is 11.3 Å². The van der Waals surface area contributed by atoms with Crippen LogP contribution < -0.4 is 5.32 Å². The molecule has 90 valence electrons. The van der Waals surface area contributed by atoms with Crippen molar-refractivity contribution in [1.82, 2.24) is 10.2 Å². The van der Waals surface area contributed by atoms with Crippen LogP contribution in [0.1, 0.15) is 24.6 Å². The predicted octanol–water partition coefficient (Wildman–Crippen LogP) is 2.98. The van der Waals surface area contributed by atoms with Crippen molar-refractivity contribution in [3.63, 3.8) is 0 Å². The summed E-state index contributed by atoms with van der Waals surface area (Å²) in [5.41, 5.74) is 0. The zero-order valence-electron chi connectivity index (χ0n) is 9.71. The zero-order valence-corrected chi connectivity index (χ0v) is 11.3. The molecule has 1 aliphatic heterocycles. The lowest BCUT2D eigenvalue weighted by Crippen LogP contribution is -2.37. The highest BCUT2D eigenvalue weighted by molar-refractivity contribution is 7.16. The molecule has 1 unspecified atom stereocenters. The molecule has 2 rings (SSSR count). The Morgan fingerprint density at radius 2 is 2.44 bits per heavy atom. The van der Waals surface area contributed by atoms with Crippen LogP contribution in [-0.4, -0.2) is 30.6 Å². The quantitative estimate of drug-likeness (QED) is 0.874. The fourth-order valence-electron chi connectivity index (χ4n) is 2.28. The van der Waals surface area contributed by atoms with Crippen molar-refractivity contribution in [2.75, 3.05) is 19.6 Å². The molecule has 1 saturated heterocycles. The van der Waals surface area contributed by atoms with Crippen LogP contribution in [0.25, 0.3) is 0 Å². The van der Waals surface area contributed by atoms with Gasteiger partial charge in [-0.05, 0) is 38.1 Å². The van der Waals surface area contributed by atoms with Gasteiger partial charge in [-0.15, -0.1) is 11.3 Å². The molecule has 16 heavy (non-hydrogen) atoms. The van der Waals surface area contributed by atoms with Crippen molar-refractivity contribution in [3.8, 4) is 0 Å². The van der Waals surface area contributed by atoms with Gasteiger partial charge >= 0.3 is 0 Å². The van der Waals surface area contributed by atoms with Gasteiger partial charge in [0.1, 0.15) is 0 Å². The van der Waals surface area contributed by atoms with Gasteiger partial charge in [0.15, 0.2) is 0 Å². The Hall–Kier alpha value is -0.0900. The Kier molecular flexibility index (Phi) is 4.65. The van der Waals surface area contributed by atoms with Crippen molar-refractivity contribution < 1.29 is 0 Å². The molecule has 1 fully saturated rings. The second-order valence-electron chi connectivity index (χ2n) is 4.28. The standard InChI is InChI=1S/C12H19ClN2S/c1-2-14-8-10-4-3-7-15(10)9-11-5-6-12(13)16-11/h5-6,10,14H,2-4,7-9H2,1H3. The Balaban J connectivity index is 1.88. The molecule has 0 aliphatic carbocycles. The third-order valence-corrected chi connectivity index (χ3v) is 4.33. The van der Waals surface area contributed by atoms with Crippen molar-refractivity contribution in [1.29, 1.82) is 0 Å². The number of likely N-dealkylation sites (tertiary alicyclic amines) is 1. The third-order valence-electron chi connectivity index (χ3n) is 3.12. The van der Waals surface area contributed by atoms with E-state index in [1.165, 1.54) is 24.3 Å². The molecule has 0 aromatic carbocycles. The smallest absolute Gasteiger partial charge is 0.0931 e. The molecular formula is C12H19ClN2S. The normalized spacial score (nSPS) is 21.8. The number of halogens is 1. The van der Waals surface area contributed by atoms with Crippen molar-refractivity contribution in [2.45, 2.75) is 32.4 Å². The van der Waals surface area contributed by atoms with Crippen molar-refractivity contribution in [2.24, 2.45) is 0 Å². The van der Waals surface area contributed by atoms with Gasteiger partial charge in [-0.25, -0.2) is 0 Å². The first-order valence-corrected chi connectivity index (χ1v) is 7.18. The molecule has 0 bridgehead atoms. The molecule has 1 atom stereocenters. The summed E-state index contributed by atoms with van der Waals surface area (Å²) in [6.07, 6.45) is 2.65. The number of nitrogens with one attached hydrogen (secondary N) is 1. The minimum Gasteiger partial charge on any atom is -0.315 e. The fraction of sp³-hybridized carbons (Fsp3) is 0.667. The van der Waals surface area contributed by atoms with Gasteiger partial charge in [-0.2, -0.15) is 0 Å². The van der Waals surface area contributed by atoms with Crippen LogP contribution in [0.2, 0.25) is 4.34 Å². The Morgan fingerprint density at radius 3 is 3.12 bits per heavy atom. The molecule has 1 aliphatic rings. The summed E-state index contributed by atoms with van der Waals surface area (Å²) >= 11 is 7.66. The lowest BCUT2D eigenvalue weighted by Gasteiger charge is -2.23. The van der Waals surface area contributed by atoms with Crippen LogP contribution in [0.5, 0.6) is 0 Å². The number of hydrogen-bond donors (Lipinski definition) is 1. The average molecular weight is 259 g/mol. The maximum atomic E-state index is 5.95. The summed E-state index contributed by atoms with van der Waals surface area (Å²) in [5.74, 6) is 0. The van der Waals surface area contributed by atoms with E-state index in [2.05, 4.69) is 23.2 Å². The maximum absolute atomic E-state index is 5.95. The van der Waals surface area contributed by atoms with Gasteiger partial charge < -0.3 is 5.32 Å². The third kappa shape index (κ3) is 3.20. The van der Waals surface area contributed by atoms with Gasteiger partial charge in [0.05, 0.1) is 4.34 Å². The topological polar surface area (TPSA) is 15.3 Å². The highest BCUT2D eigenvalue weighted by Crippen LogP contribution is 2.26. The van der Waals surface area contributed by atoms with Crippen LogP contribution in [0.15, 0.2) is 12.1 Å². The largest absolute Gasteiger partial charge is 0.315 e. The van der Waals surface area contributed by atoms with Crippen LogP contribution >= 0.6 is 22.9 Å². The van der Waals surface area contributed by atoms with E-state index >= 15 is 0 Å². The summed E-state index contributed by atoms with van der Waals surface area (Å²) in [5, 5.41) is 3.45. The number of likely N-dealkylation sites (N-methyl/N-ethyl adjacent to an activating group) is 1. The van der Waals surface area contributed by atoms with Crippen LogP contribution in [0.3, 0.4) is 0 Å². The number of thiophene rings is 1. The Labute approximate surface area is 107 Å². The molecule has 1 aromatic rings. The number of hydrogen-bond acceptors (Lipinski definition) is 3.